The molecule has 1 aliphatic heterocycles. The normalized spacial score (nSPS) is 13.7. The number of hydrogen-bond donors (Lipinski definition) is 4. The molecule has 0 aromatic carbocycles. The van der Waals surface area contributed by atoms with Crippen LogP contribution in [0, 0.1) is 85.9 Å². The van der Waals surface area contributed by atoms with Crippen molar-refractivity contribution in [3.05, 3.63) is 46.0 Å². The van der Waals surface area contributed by atoms with Crippen LogP contribution in [-0.2, 0) is 24.7 Å². The third kappa shape index (κ3) is 56.8. The summed E-state index contributed by atoms with van der Waals surface area (Å²) in [5, 5.41) is 44.2. The Balaban J connectivity index is -0.000000115. The molecule has 28 nitrogen and oxygen atoms in total. The number of nitrogens with zero attached hydrogens (tertiary/aromatic N) is 7. The Morgan fingerprint density at radius 2 is 0.533 bits per heavy atom. The summed E-state index contributed by atoms with van der Waals surface area (Å²) in [6, 6.07) is 0. The second-order valence-corrected chi connectivity index (χ2v) is 7.64. The van der Waals surface area contributed by atoms with Gasteiger partial charge in [-0.25, -0.2) is 0 Å². The molecule has 0 aliphatic carbocycles. The van der Waals surface area contributed by atoms with Gasteiger partial charge in [0.05, 0.1) is 41.4 Å². The predicted octanol–water partition coefficient (Wildman–Crippen LogP) is -8.96. The fourth-order valence-electron chi connectivity index (χ4n) is 3.09. The molecule has 1 heterocycles. The number of amides is 4. The molecule has 0 aromatic rings. The third-order valence-electron chi connectivity index (χ3n) is 4.45. The Hall–Kier alpha value is -3.52. The Kier molecular flexibility index (Phi) is 49.4. The first kappa shape index (κ1) is 60.6. The summed E-state index contributed by atoms with van der Waals surface area (Å²) in [4.78, 5) is 77.7. The summed E-state index contributed by atoms with van der Waals surface area (Å²) in [5.41, 5.74) is 21.3. The van der Waals surface area contributed by atoms with Crippen LogP contribution in [-0.4, -0.2) is 153 Å². The molecule has 17 N–H and O–H groups in total. The summed E-state index contributed by atoms with van der Waals surface area (Å²) in [7, 11) is 0. The largest absolute Gasteiger partial charge is 3.00 e. The predicted molar refractivity (Wildman–Crippen MR) is 149 cm³/mol. The summed E-state index contributed by atoms with van der Waals surface area (Å²) < 4.78 is 0. The first-order chi connectivity index (χ1) is 18.3. The van der Waals surface area contributed by atoms with E-state index >= 15 is 0 Å². The monoisotopic (exact) mass is 817 g/mol. The minimum absolute atomic E-state index is 0. The molecule has 0 spiro atoms. The van der Waals surface area contributed by atoms with E-state index in [2.05, 4.69) is 0 Å². The Morgan fingerprint density at radius 1 is 0.444 bits per heavy atom. The summed E-state index contributed by atoms with van der Waals surface area (Å²) >= 11 is 0. The molecule has 1 aliphatic rings. The van der Waals surface area contributed by atoms with Gasteiger partial charge in [-0.15, -0.1) is 0 Å². The molecular weight excluding hydrogens is 775 g/mol. The van der Waals surface area contributed by atoms with Gasteiger partial charge in [0, 0.05) is 52.4 Å². The third-order valence-corrected chi connectivity index (χ3v) is 4.45. The van der Waals surface area contributed by atoms with Crippen LogP contribution in [0.2, 0.25) is 0 Å². The van der Waals surface area contributed by atoms with Crippen molar-refractivity contribution in [1.29, 1.82) is 0 Å². The molecule has 1 saturated heterocycles. The zero-order chi connectivity index (χ0) is 31.8. The number of rotatable bonds is 8. The van der Waals surface area contributed by atoms with Crippen molar-refractivity contribution in [2.45, 2.75) is 0 Å². The van der Waals surface area contributed by atoms with E-state index in [9.17, 15) is 19.2 Å². The Labute approximate surface area is 286 Å². The maximum atomic E-state index is 11.4. The Bertz CT molecular complexity index is 693. The molecular formula is C16H41GdN11O17+. The van der Waals surface area contributed by atoms with E-state index in [0.29, 0.717) is 52.4 Å². The van der Waals surface area contributed by atoms with Crippen LogP contribution in [0.15, 0.2) is 0 Å². The number of carbonyl (C=O) groups is 4. The van der Waals surface area contributed by atoms with Gasteiger partial charge in [0.2, 0.25) is 23.6 Å². The van der Waals surface area contributed by atoms with Crippen LogP contribution in [0.3, 0.4) is 0 Å². The SMILES string of the molecule is NC(=O)CN1CCN(CC(N)=O)CCN(CC(N)=O)CCN(CC(N)=O)CC1.O.O.O.O=[N+]([O-])[O-].O=[N+]([O-])[O-].O=[N+]([O-])[O-].[Gd+3].[OH3+]. The summed E-state index contributed by atoms with van der Waals surface area (Å²) in [5.74, 6) is -1.82. The molecule has 0 bridgehead atoms. The van der Waals surface area contributed by atoms with Crippen molar-refractivity contribution < 1.29 is 96.3 Å². The van der Waals surface area contributed by atoms with Gasteiger partial charge in [-0.2, -0.15) is 0 Å². The van der Waals surface area contributed by atoms with Gasteiger partial charge in [-0.1, -0.05) is 0 Å². The maximum Gasteiger partial charge on any atom is 3.00 e. The van der Waals surface area contributed by atoms with Crippen molar-refractivity contribution in [3.8, 4) is 0 Å². The van der Waals surface area contributed by atoms with Crippen LogP contribution in [0.5, 0.6) is 0 Å². The molecule has 0 unspecified atom stereocenters. The molecule has 269 valence electrons. The number of primary amides is 4. The van der Waals surface area contributed by atoms with Gasteiger partial charge in [0.15, 0.2) is 0 Å². The van der Waals surface area contributed by atoms with Crippen LogP contribution >= 0.6 is 0 Å². The van der Waals surface area contributed by atoms with Crippen molar-refractivity contribution in [2.75, 3.05) is 78.5 Å². The quantitative estimate of drug-likeness (QED) is 0.100. The Morgan fingerprint density at radius 3 is 0.600 bits per heavy atom. The van der Waals surface area contributed by atoms with Gasteiger partial charge >= 0.3 is 39.9 Å². The van der Waals surface area contributed by atoms with Crippen molar-refractivity contribution in [1.82, 2.24) is 19.6 Å². The maximum absolute atomic E-state index is 11.4. The van der Waals surface area contributed by atoms with E-state index in [4.69, 9.17) is 68.9 Å². The minimum Gasteiger partial charge on any atom is -0.457 e. The average molecular weight is 817 g/mol. The molecule has 45 heavy (non-hydrogen) atoms. The van der Waals surface area contributed by atoms with Gasteiger partial charge in [0.25, 0.3) is 0 Å². The minimum atomic E-state index is -1.75. The van der Waals surface area contributed by atoms with E-state index in [1.54, 1.807) is 0 Å². The molecule has 0 saturated carbocycles. The van der Waals surface area contributed by atoms with Crippen LogP contribution in [0.25, 0.3) is 0 Å². The smallest absolute Gasteiger partial charge is 0.457 e. The van der Waals surface area contributed by atoms with E-state index in [1.807, 2.05) is 19.6 Å². The average Bonchev–Trinajstić information content (AvgIpc) is 2.73. The first-order valence-corrected chi connectivity index (χ1v) is 10.8. The number of hydrogen-bond acceptors (Lipinski definition) is 17. The second-order valence-electron chi connectivity index (χ2n) is 7.64. The first-order valence-electron chi connectivity index (χ1n) is 10.8. The van der Waals surface area contributed by atoms with Crippen LogP contribution in [0.1, 0.15) is 0 Å². The second kappa shape index (κ2) is 36.7. The van der Waals surface area contributed by atoms with Crippen molar-refractivity contribution in [2.24, 2.45) is 22.9 Å². The zero-order valence-corrected chi connectivity index (χ0v) is 25.9. The standard InChI is InChI=1S/C16H32N8O4.Gd.3NO3.4H2O/c17-13(25)9-21-1-2-22(10-14(18)26)5-6-24(12-16(20)28)8-7-23(4-3-21)11-15(19)27;;3*2-1(3)4;;;;/h1-12H2,(H2,17,25)(H2,18,26)(H2,19,27)(H2,20,28);;;;;4*1H2/q;+3;3*-1;;;;/p+1. The van der Waals surface area contributed by atoms with E-state index in [-0.39, 0.29) is 88.0 Å². The molecule has 4 amide bonds. The van der Waals surface area contributed by atoms with Gasteiger partial charge in [-0.05, 0) is 0 Å². The van der Waals surface area contributed by atoms with Gasteiger partial charge < -0.3 is 90.8 Å². The molecule has 1 rings (SSSR count). The number of carbonyl (C=O) groups excluding carboxylic acids is 4. The molecule has 0 aromatic heterocycles. The fraction of sp³-hybridized carbons (Fsp3) is 0.750. The zero-order valence-electron chi connectivity index (χ0n) is 23.7. The summed E-state index contributed by atoms with van der Waals surface area (Å²) in [6.07, 6.45) is 0. The molecule has 1 radical (unpaired) electrons. The van der Waals surface area contributed by atoms with Gasteiger partial charge in [0.1, 0.15) is 0 Å². The van der Waals surface area contributed by atoms with E-state index in [1.165, 1.54) is 0 Å². The molecule has 29 heteroatoms. The molecule has 0 atom stereocenters. The number of nitrogens with two attached hydrogens (primary N) is 4. The fourth-order valence-corrected chi connectivity index (χ4v) is 3.09. The van der Waals surface area contributed by atoms with Crippen LogP contribution < -0.4 is 22.9 Å². The van der Waals surface area contributed by atoms with E-state index in [0.717, 1.165) is 0 Å². The van der Waals surface area contributed by atoms with Crippen LogP contribution in [0.4, 0.5) is 0 Å². The van der Waals surface area contributed by atoms with Gasteiger partial charge in [-0.3, -0.25) is 38.8 Å². The van der Waals surface area contributed by atoms with E-state index < -0.39 is 38.9 Å². The summed E-state index contributed by atoms with van der Waals surface area (Å²) in [6.45, 7) is 4.26. The molecule has 1 fully saturated rings. The topological polar surface area (TPSA) is 511 Å². The van der Waals surface area contributed by atoms with Crippen molar-refractivity contribution in [3.63, 3.8) is 0 Å². The van der Waals surface area contributed by atoms with Crippen molar-refractivity contribution >= 4 is 23.6 Å².